The normalized spacial score (nSPS) is 17.2. The van der Waals surface area contributed by atoms with Crippen LogP contribution in [0.25, 0.3) is 0 Å². The summed E-state index contributed by atoms with van der Waals surface area (Å²) in [5, 5.41) is 12.1. The minimum absolute atomic E-state index is 0.0849. The molecule has 0 heterocycles. The fourth-order valence-corrected chi connectivity index (χ4v) is 3.00. The first kappa shape index (κ1) is 15.0. The van der Waals surface area contributed by atoms with Gasteiger partial charge in [-0.15, -0.1) is 0 Å². The third kappa shape index (κ3) is 3.58. The highest BCUT2D eigenvalue weighted by atomic mass is 16.3. The number of carbonyl (C=O) groups excluding carboxylic acids is 1. The Hall–Kier alpha value is -1.39. The first-order valence-corrected chi connectivity index (χ1v) is 7.45. The van der Waals surface area contributed by atoms with Gasteiger partial charge >= 0.3 is 0 Å². The van der Waals surface area contributed by atoms with Crippen LogP contribution >= 0.6 is 0 Å². The highest BCUT2D eigenvalue weighted by molar-refractivity contribution is 5.75. The Morgan fingerprint density at radius 1 is 1.40 bits per heavy atom. The lowest BCUT2D eigenvalue weighted by molar-refractivity contribution is -0.121. The first-order valence-electron chi connectivity index (χ1n) is 7.45. The van der Waals surface area contributed by atoms with Crippen molar-refractivity contribution in [3.8, 4) is 0 Å². The van der Waals surface area contributed by atoms with E-state index in [0.717, 1.165) is 12.8 Å². The number of benzene rings is 1. The van der Waals surface area contributed by atoms with Crippen molar-refractivity contribution in [3.63, 3.8) is 0 Å². The molecule has 1 aromatic rings. The van der Waals surface area contributed by atoms with E-state index in [4.69, 9.17) is 0 Å². The molecule has 1 amide bonds. The number of nitrogens with one attached hydrogen (secondary N) is 1. The third-order valence-corrected chi connectivity index (χ3v) is 3.93. The SMILES string of the molecule is CCNC(=O)CCN(CCO)C1CCc2ccccc21. The summed E-state index contributed by atoms with van der Waals surface area (Å²) in [4.78, 5) is 13.8. The lowest BCUT2D eigenvalue weighted by atomic mass is 10.1. The van der Waals surface area contributed by atoms with Gasteiger partial charge in [0, 0.05) is 32.1 Å². The van der Waals surface area contributed by atoms with Crippen LogP contribution in [-0.4, -0.2) is 42.2 Å². The maximum atomic E-state index is 11.6. The molecule has 20 heavy (non-hydrogen) atoms. The smallest absolute Gasteiger partial charge is 0.221 e. The quantitative estimate of drug-likeness (QED) is 0.793. The number of aliphatic hydroxyl groups excluding tert-OH is 1. The van der Waals surface area contributed by atoms with Gasteiger partial charge in [0.25, 0.3) is 0 Å². The molecular weight excluding hydrogens is 252 g/mol. The van der Waals surface area contributed by atoms with Crippen molar-refractivity contribution in [1.82, 2.24) is 10.2 Å². The van der Waals surface area contributed by atoms with Gasteiger partial charge in [-0.2, -0.15) is 0 Å². The second-order valence-corrected chi connectivity index (χ2v) is 5.22. The van der Waals surface area contributed by atoms with Gasteiger partial charge in [0.15, 0.2) is 0 Å². The molecule has 1 aliphatic rings. The van der Waals surface area contributed by atoms with Crippen LogP contribution < -0.4 is 5.32 Å². The molecule has 1 aromatic carbocycles. The van der Waals surface area contributed by atoms with Crippen molar-refractivity contribution < 1.29 is 9.90 Å². The largest absolute Gasteiger partial charge is 0.395 e. The molecule has 0 spiro atoms. The number of carbonyl (C=O) groups is 1. The molecule has 0 aromatic heterocycles. The molecule has 4 nitrogen and oxygen atoms in total. The second kappa shape index (κ2) is 7.41. The van der Waals surface area contributed by atoms with Crippen molar-refractivity contribution in [2.75, 3.05) is 26.2 Å². The minimum Gasteiger partial charge on any atom is -0.395 e. The van der Waals surface area contributed by atoms with E-state index >= 15 is 0 Å². The summed E-state index contributed by atoms with van der Waals surface area (Å²) in [6.07, 6.45) is 2.66. The van der Waals surface area contributed by atoms with Crippen molar-refractivity contribution in [3.05, 3.63) is 35.4 Å². The predicted molar refractivity (Wildman–Crippen MR) is 79.5 cm³/mol. The van der Waals surface area contributed by atoms with E-state index < -0.39 is 0 Å². The topological polar surface area (TPSA) is 52.6 Å². The molecule has 1 aliphatic carbocycles. The molecule has 1 unspecified atom stereocenters. The van der Waals surface area contributed by atoms with Gasteiger partial charge in [-0.25, -0.2) is 0 Å². The molecule has 2 N–H and O–H groups in total. The number of rotatable bonds is 7. The maximum Gasteiger partial charge on any atom is 0.221 e. The highest BCUT2D eigenvalue weighted by Gasteiger charge is 2.27. The molecule has 110 valence electrons. The highest BCUT2D eigenvalue weighted by Crippen LogP contribution is 2.35. The Labute approximate surface area is 120 Å². The molecule has 2 rings (SSSR count). The van der Waals surface area contributed by atoms with Crippen LogP contribution in [0.15, 0.2) is 24.3 Å². The summed E-state index contributed by atoms with van der Waals surface area (Å²) in [6, 6.07) is 8.83. The number of aryl methyl sites for hydroxylation is 1. The number of amides is 1. The first-order chi connectivity index (χ1) is 9.76. The van der Waals surface area contributed by atoms with E-state index in [2.05, 4.69) is 34.5 Å². The number of fused-ring (bicyclic) bond motifs is 1. The van der Waals surface area contributed by atoms with Crippen LogP contribution in [0.5, 0.6) is 0 Å². The molecule has 0 aliphatic heterocycles. The molecule has 1 atom stereocenters. The summed E-state index contributed by atoms with van der Waals surface area (Å²) >= 11 is 0. The van der Waals surface area contributed by atoms with Crippen LogP contribution in [0.4, 0.5) is 0 Å². The van der Waals surface area contributed by atoms with Gasteiger partial charge in [-0.1, -0.05) is 24.3 Å². The summed E-state index contributed by atoms with van der Waals surface area (Å²) in [6.45, 7) is 4.06. The Balaban J connectivity index is 2.00. The lowest BCUT2D eigenvalue weighted by Crippen LogP contribution is -2.34. The van der Waals surface area contributed by atoms with Crippen molar-refractivity contribution >= 4 is 5.91 Å². The van der Waals surface area contributed by atoms with Crippen molar-refractivity contribution in [1.29, 1.82) is 0 Å². The number of nitrogens with zero attached hydrogens (tertiary/aromatic N) is 1. The number of hydrogen-bond donors (Lipinski definition) is 2. The van der Waals surface area contributed by atoms with E-state index in [-0.39, 0.29) is 12.5 Å². The Kier molecular flexibility index (Phi) is 5.56. The van der Waals surface area contributed by atoms with E-state index in [1.807, 2.05) is 6.92 Å². The van der Waals surface area contributed by atoms with E-state index in [9.17, 15) is 9.90 Å². The molecule has 0 radical (unpaired) electrons. The molecule has 0 saturated heterocycles. The third-order valence-electron chi connectivity index (χ3n) is 3.93. The van der Waals surface area contributed by atoms with E-state index in [1.54, 1.807) is 0 Å². The standard InChI is InChI=1S/C16H24N2O2/c1-2-17-16(20)9-10-18(11-12-19)15-8-7-13-5-3-4-6-14(13)15/h3-6,15,19H,2,7-12H2,1H3,(H,17,20). The van der Waals surface area contributed by atoms with Crippen molar-refractivity contribution in [2.45, 2.75) is 32.2 Å². The zero-order valence-electron chi connectivity index (χ0n) is 12.1. The molecule has 0 fully saturated rings. The van der Waals surface area contributed by atoms with Crippen LogP contribution in [0.1, 0.15) is 36.9 Å². The Bertz CT molecular complexity index is 448. The number of aliphatic hydroxyl groups is 1. The fourth-order valence-electron chi connectivity index (χ4n) is 3.00. The Morgan fingerprint density at radius 3 is 2.95 bits per heavy atom. The lowest BCUT2D eigenvalue weighted by Gasteiger charge is -2.28. The zero-order valence-corrected chi connectivity index (χ0v) is 12.1. The second-order valence-electron chi connectivity index (χ2n) is 5.22. The van der Waals surface area contributed by atoms with Gasteiger partial charge in [-0.3, -0.25) is 9.69 Å². The van der Waals surface area contributed by atoms with E-state index in [0.29, 0.717) is 32.1 Å². The summed E-state index contributed by atoms with van der Waals surface area (Å²) in [7, 11) is 0. The predicted octanol–water partition coefficient (Wildman–Crippen LogP) is 1.49. The maximum absolute atomic E-state index is 11.6. The van der Waals surface area contributed by atoms with E-state index in [1.165, 1.54) is 11.1 Å². The van der Waals surface area contributed by atoms with Gasteiger partial charge in [0.1, 0.15) is 0 Å². The van der Waals surface area contributed by atoms with Crippen LogP contribution in [0, 0.1) is 0 Å². The van der Waals surface area contributed by atoms with Gasteiger partial charge in [0.2, 0.25) is 5.91 Å². The molecular formula is C16H24N2O2. The van der Waals surface area contributed by atoms with Crippen LogP contribution in [0.3, 0.4) is 0 Å². The zero-order chi connectivity index (χ0) is 14.4. The average Bonchev–Trinajstić information content (AvgIpc) is 2.88. The fraction of sp³-hybridized carbons (Fsp3) is 0.562. The molecule has 4 heteroatoms. The molecule has 0 saturated carbocycles. The van der Waals surface area contributed by atoms with Crippen LogP contribution in [0.2, 0.25) is 0 Å². The summed E-state index contributed by atoms with van der Waals surface area (Å²) < 4.78 is 0. The van der Waals surface area contributed by atoms with Crippen LogP contribution in [-0.2, 0) is 11.2 Å². The van der Waals surface area contributed by atoms with Gasteiger partial charge in [-0.05, 0) is 30.9 Å². The average molecular weight is 276 g/mol. The molecule has 0 bridgehead atoms. The summed E-state index contributed by atoms with van der Waals surface area (Å²) in [5.41, 5.74) is 2.76. The van der Waals surface area contributed by atoms with Gasteiger partial charge < -0.3 is 10.4 Å². The number of hydrogen-bond acceptors (Lipinski definition) is 3. The summed E-state index contributed by atoms with van der Waals surface area (Å²) in [5.74, 6) is 0.0849. The Morgan fingerprint density at radius 2 is 2.20 bits per heavy atom. The van der Waals surface area contributed by atoms with Crippen molar-refractivity contribution in [2.24, 2.45) is 0 Å². The van der Waals surface area contributed by atoms with Gasteiger partial charge in [0.05, 0.1) is 6.61 Å². The minimum atomic E-state index is 0.0849. The monoisotopic (exact) mass is 276 g/mol.